The Kier molecular flexibility index (Phi) is 4.78. The molecule has 0 aliphatic carbocycles. The van der Waals surface area contributed by atoms with Crippen molar-refractivity contribution >= 4 is 23.8 Å². The van der Waals surface area contributed by atoms with Gasteiger partial charge in [0.2, 0.25) is 5.91 Å². The van der Waals surface area contributed by atoms with Crippen LogP contribution in [0.3, 0.4) is 0 Å². The highest BCUT2D eigenvalue weighted by Gasteiger charge is 2.50. The highest BCUT2D eigenvalue weighted by molar-refractivity contribution is 6.09. The van der Waals surface area contributed by atoms with Crippen molar-refractivity contribution in [3.63, 3.8) is 0 Å². The van der Waals surface area contributed by atoms with E-state index in [0.29, 0.717) is 17.7 Å². The van der Waals surface area contributed by atoms with Crippen LogP contribution in [0.4, 0.5) is 4.79 Å². The lowest BCUT2D eigenvalue weighted by molar-refractivity contribution is -0.147. The van der Waals surface area contributed by atoms with E-state index in [1.165, 1.54) is 12.0 Å². The van der Waals surface area contributed by atoms with Crippen molar-refractivity contribution in [3.05, 3.63) is 29.8 Å². The number of methoxy groups -OCH3 is 1. The third-order valence-corrected chi connectivity index (χ3v) is 5.58. The van der Waals surface area contributed by atoms with Gasteiger partial charge in [-0.3, -0.25) is 19.3 Å². The molecule has 2 unspecified atom stereocenters. The van der Waals surface area contributed by atoms with Crippen molar-refractivity contribution in [2.45, 2.75) is 25.8 Å². The summed E-state index contributed by atoms with van der Waals surface area (Å²) in [4.78, 5) is 51.5. The topological polar surface area (TPSA) is 116 Å². The summed E-state index contributed by atoms with van der Waals surface area (Å²) in [6.45, 7) is 3.07. The Morgan fingerprint density at radius 3 is 2.39 bits per heavy atom. The van der Waals surface area contributed by atoms with Gasteiger partial charge >= 0.3 is 12.0 Å². The number of amides is 4. The molecule has 0 saturated carbocycles. The van der Waals surface area contributed by atoms with Gasteiger partial charge < -0.3 is 20.1 Å². The average Bonchev–Trinajstić information content (AvgIpc) is 3.17. The van der Waals surface area contributed by atoms with E-state index in [-0.39, 0.29) is 13.1 Å². The predicted molar refractivity (Wildman–Crippen MR) is 97.5 cm³/mol. The zero-order chi connectivity index (χ0) is 20.7. The Bertz CT molecular complexity index is 839. The summed E-state index contributed by atoms with van der Waals surface area (Å²) in [6.07, 6.45) is 0.331. The molecule has 9 nitrogen and oxygen atoms in total. The van der Waals surface area contributed by atoms with Crippen LogP contribution in [0.15, 0.2) is 24.3 Å². The monoisotopic (exact) mass is 389 g/mol. The van der Waals surface area contributed by atoms with E-state index in [0.717, 1.165) is 4.90 Å². The Hall–Kier alpha value is -3.10. The number of urea groups is 1. The fourth-order valence-electron chi connectivity index (χ4n) is 3.54. The molecule has 2 heterocycles. The number of nitrogens with zero attached hydrogens (tertiary/aromatic N) is 2. The summed E-state index contributed by atoms with van der Waals surface area (Å²) in [5, 5.41) is 11.9. The van der Waals surface area contributed by atoms with Gasteiger partial charge in [-0.05, 0) is 38.0 Å². The van der Waals surface area contributed by atoms with Crippen LogP contribution in [-0.4, -0.2) is 65.5 Å². The number of carbonyl (C=O) groups is 4. The van der Waals surface area contributed by atoms with Gasteiger partial charge in [-0.1, -0.05) is 12.1 Å². The number of hydrogen-bond donors (Lipinski definition) is 2. The Morgan fingerprint density at radius 2 is 1.86 bits per heavy atom. The number of carboxylic acids is 1. The summed E-state index contributed by atoms with van der Waals surface area (Å²) < 4.78 is 5.10. The standard InChI is InChI=1S/C19H23N3O6/c1-18(16(25)26)8-9-21(11-18)14(23)10-22-15(24)19(2,20-17(22)27)12-4-6-13(28-3)7-5-12/h4-7H,8-11H2,1-3H3,(H,20,27)(H,25,26). The molecule has 2 N–H and O–H groups in total. The van der Waals surface area contributed by atoms with Crippen molar-refractivity contribution in [2.75, 3.05) is 26.7 Å². The van der Waals surface area contributed by atoms with Crippen LogP contribution in [-0.2, 0) is 19.9 Å². The van der Waals surface area contributed by atoms with Crippen LogP contribution in [0.5, 0.6) is 5.75 Å². The van der Waals surface area contributed by atoms with E-state index in [1.807, 2.05) is 0 Å². The zero-order valence-corrected chi connectivity index (χ0v) is 16.0. The second kappa shape index (κ2) is 6.81. The summed E-state index contributed by atoms with van der Waals surface area (Å²) in [7, 11) is 1.53. The number of ether oxygens (including phenoxy) is 1. The molecule has 0 radical (unpaired) electrons. The third kappa shape index (κ3) is 3.17. The van der Waals surface area contributed by atoms with E-state index in [4.69, 9.17) is 4.74 Å². The van der Waals surface area contributed by atoms with E-state index in [2.05, 4.69) is 5.32 Å². The van der Waals surface area contributed by atoms with Crippen molar-refractivity contribution in [1.29, 1.82) is 0 Å². The first kappa shape index (κ1) is 19.7. The maximum atomic E-state index is 12.9. The largest absolute Gasteiger partial charge is 0.497 e. The number of imide groups is 1. The number of carboxylic acid groups (broad SMARTS) is 1. The molecule has 0 aromatic heterocycles. The molecule has 1 aromatic carbocycles. The second-order valence-electron chi connectivity index (χ2n) is 7.61. The molecule has 28 heavy (non-hydrogen) atoms. The van der Waals surface area contributed by atoms with E-state index >= 15 is 0 Å². The highest BCUT2D eigenvalue weighted by Crippen LogP contribution is 2.32. The molecule has 2 aliphatic rings. The quantitative estimate of drug-likeness (QED) is 0.719. The van der Waals surface area contributed by atoms with Crippen molar-refractivity contribution < 1.29 is 29.0 Å². The number of hydrogen-bond acceptors (Lipinski definition) is 5. The van der Waals surface area contributed by atoms with Gasteiger partial charge in [0.15, 0.2) is 0 Å². The normalized spacial score (nSPS) is 27.1. The SMILES string of the molecule is COc1ccc(C2(C)NC(=O)N(CC(=O)N3CCC(C)(C(=O)O)C3)C2=O)cc1. The lowest BCUT2D eigenvalue weighted by Gasteiger charge is -2.24. The number of aliphatic carboxylic acids is 1. The zero-order valence-electron chi connectivity index (χ0n) is 16.0. The number of likely N-dealkylation sites (tertiary alicyclic amines) is 1. The molecule has 150 valence electrons. The molecule has 9 heteroatoms. The Morgan fingerprint density at radius 1 is 1.21 bits per heavy atom. The first-order chi connectivity index (χ1) is 13.1. The molecule has 3 rings (SSSR count). The number of benzene rings is 1. The summed E-state index contributed by atoms with van der Waals surface area (Å²) in [6, 6.07) is 6.08. The van der Waals surface area contributed by atoms with Crippen molar-refractivity contribution in [3.8, 4) is 5.75 Å². The highest BCUT2D eigenvalue weighted by atomic mass is 16.5. The molecule has 2 aliphatic heterocycles. The fourth-order valence-corrected chi connectivity index (χ4v) is 3.54. The molecular weight excluding hydrogens is 366 g/mol. The molecule has 0 spiro atoms. The van der Waals surface area contributed by atoms with Gasteiger partial charge in [0.1, 0.15) is 17.8 Å². The molecule has 4 amide bonds. The summed E-state index contributed by atoms with van der Waals surface area (Å²) >= 11 is 0. The fraction of sp³-hybridized carbons (Fsp3) is 0.474. The van der Waals surface area contributed by atoms with Gasteiger partial charge in [0, 0.05) is 13.1 Å². The van der Waals surface area contributed by atoms with Gasteiger partial charge in [0.25, 0.3) is 5.91 Å². The average molecular weight is 389 g/mol. The van der Waals surface area contributed by atoms with E-state index in [1.54, 1.807) is 38.1 Å². The predicted octanol–water partition coefficient (Wildman–Crippen LogP) is 0.785. The number of carbonyl (C=O) groups excluding carboxylic acids is 3. The molecular formula is C19H23N3O6. The maximum Gasteiger partial charge on any atom is 0.325 e. The van der Waals surface area contributed by atoms with Crippen LogP contribution in [0.1, 0.15) is 25.8 Å². The summed E-state index contributed by atoms with van der Waals surface area (Å²) in [5.41, 5.74) is -1.73. The first-order valence-corrected chi connectivity index (χ1v) is 8.90. The number of nitrogens with one attached hydrogen (secondary N) is 1. The minimum atomic E-state index is -1.29. The van der Waals surface area contributed by atoms with Crippen molar-refractivity contribution in [1.82, 2.24) is 15.1 Å². The molecule has 2 atom stereocenters. The van der Waals surface area contributed by atoms with Crippen LogP contribution >= 0.6 is 0 Å². The second-order valence-corrected chi connectivity index (χ2v) is 7.61. The van der Waals surface area contributed by atoms with Crippen LogP contribution in [0.2, 0.25) is 0 Å². The number of rotatable bonds is 5. The maximum absolute atomic E-state index is 12.9. The minimum Gasteiger partial charge on any atom is -0.497 e. The lowest BCUT2D eigenvalue weighted by Crippen LogP contribution is -2.44. The van der Waals surface area contributed by atoms with Gasteiger partial charge in [-0.15, -0.1) is 0 Å². The molecule has 2 fully saturated rings. The van der Waals surface area contributed by atoms with Crippen LogP contribution in [0, 0.1) is 5.41 Å². The molecule has 1 aromatic rings. The Balaban J connectivity index is 1.73. The van der Waals surface area contributed by atoms with Gasteiger partial charge in [0.05, 0.1) is 12.5 Å². The molecule has 2 saturated heterocycles. The molecule has 0 bridgehead atoms. The van der Waals surface area contributed by atoms with Crippen molar-refractivity contribution in [2.24, 2.45) is 5.41 Å². The smallest absolute Gasteiger partial charge is 0.325 e. The lowest BCUT2D eigenvalue weighted by atomic mass is 9.90. The minimum absolute atomic E-state index is 0.0561. The third-order valence-electron chi connectivity index (χ3n) is 5.58. The van der Waals surface area contributed by atoms with E-state index < -0.39 is 41.3 Å². The Labute approximate surface area is 162 Å². The van der Waals surface area contributed by atoms with Crippen LogP contribution < -0.4 is 10.1 Å². The van der Waals surface area contributed by atoms with Gasteiger partial charge in [-0.2, -0.15) is 0 Å². The van der Waals surface area contributed by atoms with Gasteiger partial charge in [-0.25, -0.2) is 4.79 Å². The first-order valence-electron chi connectivity index (χ1n) is 8.90. The summed E-state index contributed by atoms with van der Waals surface area (Å²) in [5.74, 6) is -1.33. The van der Waals surface area contributed by atoms with Crippen LogP contribution in [0.25, 0.3) is 0 Å². The van der Waals surface area contributed by atoms with E-state index in [9.17, 15) is 24.3 Å².